The van der Waals surface area contributed by atoms with Crippen molar-refractivity contribution >= 4 is 0 Å². The minimum atomic E-state index is 0.718. The second-order valence-corrected chi connectivity index (χ2v) is 5.53. The van der Waals surface area contributed by atoms with E-state index in [0.29, 0.717) is 0 Å². The Balaban J connectivity index is 1.74. The lowest BCUT2D eigenvalue weighted by Gasteiger charge is -1.96. The maximum Gasteiger partial charge on any atom is 0.0324 e. The van der Waals surface area contributed by atoms with Crippen molar-refractivity contribution in [3.8, 4) is 23.7 Å². The zero-order valence-corrected chi connectivity index (χ0v) is 14.0. The van der Waals surface area contributed by atoms with E-state index in [1.54, 1.807) is 0 Å². The standard InChI is InChI=1S/C24H22/c1-21(13-9-11-19-23-15-5-3-6-16-23)22(2)14-10-12-20-24-17-7-4-8-18-24/h3-8,15-18H,1-2,11-12,19-20H2. The monoisotopic (exact) mass is 310 g/mol. The van der Waals surface area contributed by atoms with Gasteiger partial charge in [-0.1, -0.05) is 97.5 Å². The van der Waals surface area contributed by atoms with Crippen LogP contribution < -0.4 is 0 Å². The first kappa shape index (κ1) is 17.4. The molecule has 24 heavy (non-hydrogen) atoms. The van der Waals surface area contributed by atoms with Crippen molar-refractivity contribution in [1.82, 2.24) is 0 Å². The SMILES string of the molecule is C=C(C#CCCc1ccccc1)C(=C)C#CCCc1ccccc1. The minimum Gasteiger partial charge on any atom is -0.0975 e. The summed E-state index contributed by atoms with van der Waals surface area (Å²) in [6.07, 6.45) is 3.54. The Morgan fingerprint density at radius 1 is 0.625 bits per heavy atom. The minimum absolute atomic E-state index is 0.718. The van der Waals surface area contributed by atoms with Crippen molar-refractivity contribution < 1.29 is 0 Å². The van der Waals surface area contributed by atoms with Crippen LogP contribution in [0.25, 0.3) is 0 Å². The van der Waals surface area contributed by atoms with E-state index in [1.165, 1.54) is 11.1 Å². The number of allylic oxidation sites excluding steroid dienone is 2. The fourth-order valence-corrected chi connectivity index (χ4v) is 2.19. The predicted octanol–water partition coefficient (Wildman–Crippen LogP) is 5.37. The van der Waals surface area contributed by atoms with Gasteiger partial charge in [0.15, 0.2) is 0 Å². The molecule has 0 heterocycles. The smallest absolute Gasteiger partial charge is 0.0324 e. The Kier molecular flexibility index (Phi) is 7.20. The van der Waals surface area contributed by atoms with E-state index < -0.39 is 0 Å². The number of benzene rings is 2. The van der Waals surface area contributed by atoms with Gasteiger partial charge in [-0.2, -0.15) is 0 Å². The molecule has 118 valence electrons. The highest BCUT2D eigenvalue weighted by atomic mass is 14.0. The Hall–Kier alpha value is -2.96. The molecule has 0 radical (unpaired) electrons. The van der Waals surface area contributed by atoms with Crippen LogP contribution in [-0.4, -0.2) is 0 Å². The molecular formula is C24H22. The second kappa shape index (κ2) is 9.94. The molecule has 0 heteroatoms. The molecule has 0 aliphatic carbocycles. The van der Waals surface area contributed by atoms with Crippen LogP contribution in [0.1, 0.15) is 24.0 Å². The van der Waals surface area contributed by atoms with Gasteiger partial charge in [0, 0.05) is 24.0 Å². The summed E-state index contributed by atoms with van der Waals surface area (Å²) in [5, 5.41) is 0. The summed E-state index contributed by atoms with van der Waals surface area (Å²) >= 11 is 0. The van der Waals surface area contributed by atoms with Crippen LogP contribution in [0.5, 0.6) is 0 Å². The van der Waals surface area contributed by atoms with Gasteiger partial charge in [0.25, 0.3) is 0 Å². The topological polar surface area (TPSA) is 0 Å². The highest BCUT2D eigenvalue weighted by Crippen LogP contribution is 2.05. The summed E-state index contributed by atoms with van der Waals surface area (Å²) in [5.41, 5.74) is 4.04. The predicted molar refractivity (Wildman–Crippen MR) is 103 cm³/mol. The van der Waals surface area contributed by atoms with Crippen LogP contribution in [0.2, 0.25) is 0 Å². The van der Waals surface area contributed by atoms with Gasteiger partial charge in [-0.05, 0) is 24.0 Å². The third-order valence-electron chi connectivity index (χ3n) is 3.61. The average Bonchev–Trinajstić information content (AvgIpc) is 2.63. The van der Waals surface area contributed by atoms with Gasteiger partial charge in [0.1, 0.15) is 0 Å². The quantitative estimate of drug-likeness (QED) is 0.514. The Morgan fingerprint density at radius 2 is 1.00 bits per heavy atom. The lowest BCUT2D eigenvalue weighted by Crippen LogP contribution is -1.84. The summed E-state index contributed by atoms with van der Waals surface area (Å²) in [5.74, 6) is 12.4. The van der Waals surface area contributed by atoms with E-state index in [-0.39, 0.29) is 0 Å². The van der Waals surface area contributed by atoms with E-state index in [1.807, 2.05) is 12.1 Å². The van der Waals surface area contributed by atoms with Crippen LogP contribution in [-0.2, 0) is 12.8 Å². The zero-order chi connectivity index (χ0) is 17.0. The molecule has 0 aliphatic rings. The van der Waals surface area contributed by atoms with E-state index in [2.05, 4.69) is 85.4 Å². The molecule has 0 unspecified atom stereocenters. The maximum absolute atomic E-state index is 3.96. The van der Waals surface area contributed by atoms with Gasteiger partial charge in [0.05, 0.1) is 0 Å². The molecule has 0 fully saturated rings. The van der Waals surface area contributed by atoms with Crippen molar-refractivity contribution in [3.63, 3.8) is 0 Å². The van der Waals surface area contributed by atoms with Crippen LogP contribution >= 0.6 is 0 Å². The summed E-state index contributed by atoms with van der Waals surface area (Å²) in [4.78, 5) is 0. The lowest BCUT2D eigenvalue weighted by atomic mass is 10.1. The number of hydrogen-bond donors (Lipinski definition) is 0. The molecule has 0 bridgehead atoms. The zero-order valence-electron chi connectivity index (χ0n) is 14.0. The number of aryl methyl sites for hydroxylation is 2. The van der Waals surface area contributed by atoms with Crippen molar-refractivity contribution in [3.05, 3.63) is 96.1 Å². The molecule has 0 aromatic heterocycles. The Labute approximate surface area is 145 Å². The van der Waals surface area contributed by atoms with Crippen LogP contribution in [0.4, 0.5) is 0 Å². The van der Waals surface area contributed by atoms with Crippen molar-refractivity contribution in [2.24, 2.45) is 0 Å². The molecule has 2 aromatic rings. The Bertz CT molecular complexity index is 716. The summed E-state index contributed by atoms with van der Waals surface area (Å²) in [7, 11) is 0. The first-order valence-corrected chi connectivity index (χ1v) is 8.19. The molecule has 2 rings (SSSR count). The highest BCUT2D eigenvalue weighted by molar-refractivity contribution is 5.51. The van der Waals surface area contributed by atoms with Gasteiger partial charge in [0.2, 0.25) is 0 Å². The second-order valence-electron chi connectivity index (χ2n) is 5.53. The van der Waals surface area contributed by atoms with E-state index in [0.717, 1.165) is 36.8 Å². The summed E-state index contributed by atoms with van der Waals surface area (Å²) < 4.78 is 0. The van der Waals surface area contributed by atoms with Gasteiger partial charge < -0.3 is 0 Å². The van der Waals surface area contributed by atoms with E-state index in [4.69, 9.17) is 0 Å². The maximum atomic E-state index is 3.96. The van der Waals surface area contributed by atoms with Crippen molar-refractivity contribution in [1.29, 1.82) is 0 Å². The molecule has 0 aliphatic heterocycles. The molecular weight excluding hydrogens is 288 g/mol. The van der Waals surface area contributed by atoms with Crippen molar-refractivity contribution in [2.45, 2.75) is 25.7 Å². The summed E-state index contributed by atoms with van der Waals surface area (Å²) in [6, 6.07) is 20.7. The van der Waals surface area contributed by atoms with Gasteiger partial charge in [-0.25, -0.2) is 0 Å². The summed E-state index contributed by atoms with van der Waals surface area (Å²) in [6.45, 7) is 7.92. The highest BCUT2D eigenvalue weighted by Gasteiger charge is 1.93. The van der Waals surface area contributed by atoms with Crippen molar-refractivity contribution in [2.75, 3.05) is 0 Å². The fraction of sp³-hybridized carbons (Fsp3) is 0.167. The molecule has 0 spiro atoms. The third-order valence-corrected chi connectivity index (χ3v) is 3.61. The first-order chi connectivity index (χ1) is 11.8. The van der Waals surface area contributed by atoms with Gasteiger partial charge in [-0.3, -0.25) is 0 Å². The fourth-order valence-electron chi connectivity index (χ4n) is 2.19. The first-order valence-electron chi connectivity index (χ1n) is 8.19. The molecule has 0 N–H and O–H groups in total. The normalized spacial score (nSPS) is 9.17. The van der Waals surface area contributed by atoms with E-state index >= 15 is 0 Å². The molecule has 0 saturated heterocycles. The molecule has 0 amide bonds. The van der Waals surface area contributed by atoms with E-state index in [9.17, 15) is 0 Å². The number of hydrogen-bond acceptors (Lipinski definition) is 0. The van der Waals surface area contributed by atoms with Gasteiger partial charge in [-0.15, -0.1) is 0 Å². The third kappa shape index (κ3) is 6.43. The Morgan fingerprint density at radius 3 is 1.38 bits per heavy atom. The number of rotatable bonds is 5. The van der Waals surface area contributed by atoms with Gasteiger partial charge >= 0.3 is 0 Å². The van der Waals surface area contributed by atoms with Crippen LogP contribution in [0.3, 0.4) is 0 Å². The molecule has 0 atom stereocenters. The van der Waals surface area contributed by atoms with Crippen LogP contribution in [0.15, 0.2) is 85.0 Å². The molecule has 0 nitrogen and oxygen atoms in total. The molecule has 2 aromatic carbocycles. The lowest BCUT2D eigenvalue weighted by molar-refractivity contribution is 1.03. The average molecular weight is 310 g/mol. The largest absolute Gasteiger partial charge is 0.0975 e. The van der Waals surface area contributed by atoms with Crippen LogP contribution in [0, 0.1) is 23.7 Å². The molecule has 0 saturated carbocycles.